The average molecular weight is 325 g/mol. The first-order valence-corrected chi connectivity index (χ1v) is 8.80. The number of aromatic carboxylic acids is 1. The van der Waals surface area contributed by atoms with Crippen molar-refractivity contribution < 1.29 is 14.3 Å². The van der Waals surface area contributed by atoms with Gasteiger partial charge < -0.3 is 5.11 Å². The van der Waals surface area contributed by atoms with Gasteiger partial charge in [0.05, 0.1) is 0 Å². The van der Waals surface area contributed by atoms with Gasteiger partial charge in [-0.1, -0.05) is 6.07 Å². The van der Waals surface area contributed by atoms with Crippen molar-refractivity contribution >= 4 is 39.2 Å². The minimum absolute atomic E-state index is 0.264. The second kappa shape index (κ2) is 5.94. The lowest BCUT2D eigenvalue weighted by Crippen LogP contribution is -2.39. The van der Waals surface area contributed by atoms with Crippen LogP contribution in [0.3, 0.4) is 0 Å². The fraction of sp³-hybridized carbons (Fsp3) is 0.400. The fourth-order valence-electron chi connectivity index (χ4n) is 2.69. The molecule has 2 heterocycles. The highest BCUT2D eigenvalue weighted by Gasteiger charge is 2.25. The van der Waals surface area contributed by atoms with Crippen LogP contribution >= 0.6 is 23.1 Å². The maximum Gasteiger partial charge on any atom is 0.346 e. The molecule has 2 aromatic rings. The summed E-state index contributed by atoms with van der Waals surface area (Å²) in [7, 11) is 0. The smallest absolute Gasteiger partial charge is 0.346 e. The molecule has 1 aliphatic heterocycles. The predicted molar refractivity (Wildman–Crippen MR) is 85.9 cm³/mol. The lowest BCUT2D eigenvalue weighted by molar-refractivity contribution is 0.0699. The third-order valence-electron chi connectivity index (χ3n) is 3.82. The number of thiophene rings is 1. The Balaban J connectivity index is 2.06. The standard InChI is InChI=1S/C15H16FNO2S2/c1-9-8-20-6-5-17(9)7-10-13-11(16)3-2-4-12(13)21-14(10)15(18)19/h2-4,9H,5-8H2,1H3,(H,18,19). The van der Waals surface area contributed by atoms with E-state index in [-0.39, 0.29) is 10.7 Å². The number of carboxylic acids is 1. The van der Waals surface area contributed by atoms with Crippen molar-refractivity contribution in [2.75, 3.05) is 18.1 Å². The molecule has 21 heavy (non-hydrogen) atoms. The van der Waals surface area contributed by atoms with Crippen molar-refractivity contribution in [3.05, 3.63) is 34.5 Å². The van der Waals surface area contributed by atoms with Crippen molar-refractivity contribution in [1.82, 2.24) is 4.90 Å². The van der Waals surface area contributed by atoms with E-state index in [4.69, 9.17) is 0 Å². The number of hydrogen-bond donors (Lipinski definition) is 1. The zero-order valence-electron chi connectivity index (χ0n) is 11.6. The van der Waals surface area contributed by atoms with Crippen LogP contribution in [0.1, 0.15) is 22.2 Å². The van der Waals surface area contributed by atoms with E-state index in [1.54, 1.807) is 12.1 Å². The highest BCUT2D eigenvalue weighted by Crippen LogP contribution is 2.35. The quantitative estimate of drug-likeness (QED) is 0.935. The molecule has 1 N–H and O–H groups in total. The number of rotatable bonds is 3. The molecule has 1 fully saturated rings. The van der Waals surface area contributed by atoms with Crippen molar-refractivity contribution in [2.45, 2.75) is 19.5 Å². The monoisotopic (exact) mass is 325 g/mol. The van der Waals surface area contributed by atoms with E-state index in [1.165, 1.54) is 6.07 Å². The summed E-state index contributed by atoms with van der Waals surface area (Å²) in [5.41, 5.74) is 0.624. The van der Waals surface area contributed by atoms with E-state index in [0.717, 1.165) is 29.4 Å². The number of nitrogens with zero attached hydrogens (tertiary/aromatic N) is 1. The van der Waals surface area contributed by atoms with Gasteiger partial charge in [-0.15, -0.1) is 11.3 Å². The molecule has 1 aromatic heterocycles. The molecule has 1 unspecified atom stereocenters. The summed E-state index contributed by atoms with van der Waals surface area (Å²) >= 11 is 3.07. The van der Waals surface area contributed by atoms with Gasteiger partial charge in [-0.25, -0.2) is 9.18 Å². The van der Waals surface area contributed by atoms with Gasteiger partial charge in [0.2, 0.25) is 0 Å². The number of hydrogen-bond acceptors (Lipinski definition) is 4. The van der Waals surface area contributed by atoms with E-state index in [2.05, 4.69) is 11.8 Å². The molecule has 1 aromatic carbocycles. The molecule has 1 aliphatic rings. The Morgan fingerprint density at radius 3 is 3.05 bits per heavy atom. The van der Waals surface area contributed by atoms with Gasteiger partial charge in [-0.2, -0.15) is 11.8 Å². The number of carbonyl (C=O) groups is 1. The molecule has 0 spiro atoms. The maximum atomic E-state index is 14.2. The zero-order valence-corrected chi connectivity index (χ0v) is 13.3. The fourth-order valence-corrected chi connectivity index (χ4v) is 4.84. The molecule has 0 radical (unpaired) electrons. The predicted octanol–water partition coefficient (Wildman–Crippen LogP) is 3.68. The Morgan fingerprint density at radius 1 is 1.52 bits per heavy atom. The molecular formula is C15H16FNO2S2. The van der Waals surface area contributed by atoms with Crippen LogP contribution in [-0.4, -0.2) is 40.1 Å². The van der Waals surface area contributed by atoms with Gasteiger partial charge in [0.15, 0.2) is 0 Å². The Kier molecular flexibility index (Phi) is 4.19. The van der Waals surface area contributed by atoms with Crippen LogP contribution in [0, 0.1) is 5.82 Å². The molecule has 112 valence electrons. The Labute approximate surface area is 130 Å². The largest absolute Gasteiger partial charge is 0.477 e. The molecule has 1 saturated heterocycles. The summed E-state index contributed by atoms with van der Waals surface area (Å²) in [4.78, 5) is 14.0. The van der Waals surface area contributed by atoms with Gasteiger partial charge in [0.1, 0.15) is 10.7 Å². The van der Waals surface area contributed by atoms with Gasteiger partial charge in [0, 0.05) is 46.3 Å². The number of benzene rings is 1. The molecule has 3 rings (SSSR count). The molecule has 6 heteroatoms. The van der Waals surface area contributed by atoms with Crippen LogP contribution in [0.4, 0.5) is 4.39 Å². The Bertz CT molecular complexity index is 686. The van der Waals surface area contributed by atoms with E-state index in [1.807, 2.05) is 11.8 Å². The number of carboxylic acid groups (broad SMARTS) is 1. The second-order valence-electron chi connectivity index (χ2n) is 5.22. The van der Waals surface area contributed by atoms with Crippen molar-refractivity contribution in [3.8, 4) is 0 Å². The summed E-state index contributed by atoms with van der Waals surface area (Å²) < 4.78 is 14.9. The molecule has 0 saturated carbocycles. The minimum atomic E-state index is -0.968. The second-order valence-corrected chi connectivity index (χ2v) is 7.42. The van der Waals surface area contributed by atoms with Crippen LogP contribution < -0.4 is 0 Å². The molecular weight excluding hydrogens is 309 g/mol. The SMILES string of the molecule is CC1CSCCN1Cc1c(C(=O)O)sc2cccc(F)c12. The van der Waals surface area contributed by atoms with Crippen LogP contribution in [-0.2, 0) is 6.54 Å². The Morgan fingerprint density at radius 2 is 2.33 bits per heavy atom. The summed E-state index contributed by atoms with van der Waals surface area (Å²) in [5, 5.41) is 9.90. The van der Waals surface area contributed by atoms with Gasteiger partial charge in [0.25, 0.3) is 0 Å². The summed E-state index contributed by atoms with van der Waals surface area (Å²) in [6.07, 6.45) is 0. The van der Waals surface area contributed by atoms with Crippen molar-refractivity contribution in [1.29, 1.82) is 0 Å². The summed E-state index contributed by atoms with van der Waals surface area (Å²) in [6, 6.07) is 5.20. The molecule has 0 aliphatic carbocycles. The summed E-state index contributed by atoms with van der Waals surface area (Å²) in [5.74, 6) is 0.777. The lowest BCUT2D eigenvalue weighted by Gasteiger charge is -2.33. The summed E-state index contributed by atoms with van der Waals surface area (Å²) in [6.45, 7) is 3.55. The number of thioether (sulfide) groups is 1. The minimum Gasteiger partial charge on any atom is -0.477 e. The van der Waals surface area contributed by atoms with Crippen LogP contribution in [0.25, 0.3) is 10.1 Å². The first-order valence-electron chi connectivity index (χ1n) is 6.83. The zero-order chi connectivity index (χ0) is 15.0. The average Bonchev–Trinajstić information content (AvgIpc) is 2.82. The Hall–Kier alpha value is -1.11. The third kappa shape index (κ3) is 2.80. The van der Waals surface area contributed by atoms with E-state index >= 15 is 0 Å². The highest BCUT2D eigenvalue weighted by atomic mass is 32.2. The molecule has 1 atom stereocenters. The molecule has 3 nitrogen and oxygen atoms in total. The van der Waals surface area contributed by atoms with Crippen molar-refractivity contribution in [2.24, 2.45) is 0 Å². The number of halogens is 1. The molecule has 0 amide bonds. The van der Waals surface area contributed by atoms with E-state index < -0.39 is 5.97 Å². The third-order valence-corrected chi connectivity index (χ3v) is 6.20. The van der Waals surface area contributed by atoms with Crippen LogP contribution in [0.15, 0.2) is 18.2 Å². The highest BCUT2D eigenvalue weighted by molar-refractivity contribution is 7.99. The maximum absolute atomic E-state index is 14.2. The van der Waals surface area contributed by atoms with Crippen LogP contribution in [0.2, 0.25) is 0 Å². The van der Waals surface area contributed by atoms with Gasteiger partial charge in [-0.3, -0.25) is 4.90 Å². The van der Waals surface area contributed by atoms with Crippen LogP contribution in [0.5, 0.6) is 0 Å². The lowest BCUT2D eigenvalue weighted by atomic mass is 10.1. The topological polar surface area (TPSA) is 40.5 Å². The van der Waals surface area contributed by atoms with E-state index in [0.29, 0.717) is 28.2 Å². The van der Waals surface area contributed by atoms with E-state index in [9.17, 15) is 14.3 Å². The van der Waals surface area contributed by atoms with Gasteiger partial charge >= 0.3 is 5.97 Å². The first kappa shape index (κ1) is 14.8. The molecule has 0 bridgehead atoms. The normalized spacial score (nSPS) is 20.0. The first-order chi connectivity index (χ1) is 10.1. The number of fused-ring (bicyclic) bond motifs is 1. The van der Waals surface area contributed by atoms with Crippen molar-refractivity contribution in [3.63, 3.8) is 0 Å². The van der Waals surface area contributed by atoms with Gasteiger partial charge in [-0.05, 0) is 19.1 Å².